The molecule has 1 fully saturated rings. The van der Waals surface area contributed by atoms with Gasteiger partial charge in [-0.25, -0.2) is 0 Å². The molecule has 124 valence electrons. The normalized spacial score (nSPS) is 18.4. The largest absolute Gasteiger partial charge is 0.491 e. The van der Waals surface area contributed by atoms with E-state index < -0.39 is 0 Å². The van der Waals surface area contributed by atoms with E-state index in [-0.39, 0.29) is 24.4 Å². The number of carbonyl (C=O) groups excluding carboxylic acids is 1. The van der Waals surface area contributed by atoms with Gasteiger partial charge in [-0.05, 0) is 63.4 Å². The van der Waals surface area contributed by atoms with Crippen molar-refractivity contribution in [3.8, 4) is 5.75 Å². The summed E-state index contributed by atoms with van der Waals surface area (Å²) < 4.78 is 5.70. The summed E-state index contributed by atoms with van der Waals surface area (Å²) in [4.78, 5) is 11.9. The molecule has 1 saturated heterocycles. The summed E-state index contributed by atoms with van der Waals surface area (Å²) in [5.74, 6) is 1.64. The summed E-state index contributed by atoms with van der Waals surface area (Å²) in [6, 6.07) is 7.98. The highest BCUT2D eigenvalue weighted by Gasteiger charge is 2.16. The minimum atomic E-state index is 0. The standard InChI is InChI=1S/C17H26N2O2.ClH/c1-13-4-3-5-16(10-13)21-12-14(2)19-17(20)7-6-15-8-9-18-11-15;/h3-5,10,14-15,18H,6-9,11-12H2,1-2H3,(H,19,20);1H. The first-order valence-electron chi connectivity index (χ1n) is 7.83. The van der Waals surface area contributed by atoms with Crippen molar-refractivity contribution in [3.05, 3.63) is 29.8 Å². The van der Waals surface area contributed by atoms with E-state index in [1.165, 1.54) is 12.0 Å². The van der Waals surface area contributed by atoms with Crippen LogP contribution in [0, 0.1) is 12.8 Å². The number of aryl methyl sites for hydroxylation is 1. The van der Waals surface area contributed by atoms with Gasteiger partial charge >= 0.3 is 0 Å². The van der Waals surface area contributed by atoms with Crippen molar-refractivity contribution in [1.82, 2.24) is 10.6 Å². The molecule has 0 radical (unpaired) electrons. The quantitative estimate of drug-likeness (QED) is 0.810. The van der Waals surface area contributed by atoms with Crippen molar-refractivity contribution in [2.75, 3.05) is 19.7 Å². The number of hydrogen-bond donors (Lipinski definition) is 2. The maximum atomic E-state index is 11.9. The van der Waals surface area contributed by atoms with Crippen LogP contribution in [0.1, 0.15) is 31.7 Å². The molecule has 0 saturated carbocycles. The molecule has 1 aliphatic rings. The minimum absolute atomic E-state index is 0. The van der Waals surface area contributed by atoms with Gasteiger partial charge in [0.05, 0.1) is 6.04 Å². The van der Waals surface area contributed by atoms with Gasteiger partial charge in [0, 0.05) is 6.42 Å². The van der Waals surface area contributed by atoms with Crippen molar-refractivity contribution in [3.63, 3.8) is 0 Å². The molecule has 2 rings (SSSR count). The van der Waals surface area contributed by atoms with Gasteiger partial charge in [-0.3, -0.25) is 4.79 Å². The van der Waals surface area contributed by atoms with Crippen molar-refractivity contribution in [2.45, 2.75) is 39.2 Å². The molecule has 1 aliphatic heterocycles. The molecule has 0 aliphatic carbocycles. The van der Waals surface area contributed by atoms with Crippen LogP contribution in [0.4, 0.5) is 0 Å². The Balaban J connectivity index is 0.00000242. The number of ether oxygens (including phenoxy) is 1. The Kier molecular flexibility index (Phi) is 8.28. The first-order chi connectivity index (χ1) is 10.1. The first-order valence-corrected chi connectivity index (χ1v) is 7.83. The Morgan fingerprint density at radius 2 is 2.32 bits per heavy atom. The molecular formula is C17H27ClN2O2. The fourth-order valence-corrected chi connectivity index (χ4v) is 2.61. The van der Waals surface area contributed by atoms with Crippen molar-refractivity contribution < 1.29 is 9.53 Å². The van der Waals surface area contributed by atoms with E-state index in [4.69, 9.17) is 4.74 Å². The lowest BCUT2D eigenvalue weighted by Crippen LogP contribution is -2.36. The van der Waals surface area contributed by atoms with Gasteiger partial charge in [-0.2, -0.15) is 0 Å². The van der Waals surface area contributed by atoms with E-state index in [0.717, 1.165) is 25.3 Å². The summed E-state index contributed by atoms with van der Waals surface area (Å²) in [5, 5.41) is 6.33. The van der Waals surface area contributed by atoms with Crippen molar-refractivity contribution >= 4 is 18.3 Å². The lowest BCUT2D eigenvalue weighted by molar-refractivity contribution is -0.122. The van der Waals surface area contributed by atoms with E-state index in [9.17, 15) is 4.79 Å². The number of amides is 1. The van der Waals surface area contributed by atoms with Gasteiger partial charge in [-0.15, -0.1) is 12.4 Å². The summed E-state index contributed by atoms with van der Waals surface area (Å²) in [7, 11) is 0. The van der Waals surface area contributed by atoms with Crippen LogP contribution in [0.5, 0.6) is 5.75 Å². The van der Waals surface area contributed by atoms with Gasteiger partial charge in [0.1, 0.15) is 12.4 Å². The minimum Gasteiger partial charge on any atom is -0.491 e. The molecule has 4 nitrogen and oxygen atoms in total. The molecule has 2 N–H and O–H groups in total. The number of halogens is 1. The molecule has 1 aromatic carbocycles. The van der Waals surface area contributed by atoms with Crippen LogP contribution in [-0.4, -0.2) is 31.6 Å². The van der Waals surface area contributed by atoms with E-state index >= 15 is 0 Å². The molecule has 0 aromatic heterocycles. The lowest BCUT2D eigenvalue weighted by Gasteiger charge is -2.16. The number of rotatable bonds is 7. The Morgan fingerprint density at radius 3 is 3.00 bits per heavy atom. The van der Waals surface area contributed by atoms with Crippen LogP contribution >= 0.6 is 12.4 Å². The molecule has 1 heterocycles. The molecule has 0 bridgehead atoms. The average Bonchev–Trinajstić information content (AvgIpc) is 2.96. The predicted molar refractivity (Wildman–Crippen MR) is 91.7 cm³/mol. The monoisotopic (exact) mass is 326 g/mol. The predicted octanol–water partition coefficient (Wildman–Crippen LogP) is 2.69. The average molecular weight is 327 g/mol. The molecular weight excluding hydrogens is 300 g/mol. The van der Waals surface area contributed by atoms with Gasteiger partial charge in [-0.1, -0.05) is 12.1 Å². The van der Waals surface area contributed by atoms with Crippen LogP contribution < -0.4 is 15.4 Å². The van der Waals surface area contributed by atoms with Crippen LogP contribution in [0.2, 0.25) is 0 Å². The van der Waals surface area contributed by atoms with Crippen molar-refractivity contribution in [2.24, 2.45) is 5.92 Å². The zero-order chi connectivity index (χ0) is 15.1. The van der Waals surface area contributed by atoms with Crippen LogP contribution in [0.3, 0.4) is 0 Å². The smallest absolute Gasteiger partial charge is 0.220 e. The van der Waals surface area contributed by atoms with Gasteiger partial charge in [0.2, 0.25) is 5.91 Å². The van der Waals surface area contributed by atoms with Gasteiger partial charge in [0.15, 0.2) is 0 Å². The molecule has 0 spiro atoms. The third kappa shape index (κ3) is 6.67. The SMILES string of the molecule is Cc1cccc(OCC(C)NC(=O)CCC2CCNC2)c1.Cl. The molecule has 5 heteroatoms. The van der Waals surface area contributed by atoms with Crippen molar-refractivity contribution in [1.29, 1.82) is 0 Å². The highest BCUT2D eigenvalue weighted by molar-refractivity contribution is 5.85. The number of benzene rings is 1. The second-order valence-corrected chi connectivity index (χ2v) is 5.99. The summed E-state index contributed by atoms with van der Waals surface area (Å²) in [6.45, 7) is 6.66. The number of nitrogens with one attached hydrogen (secondary N) is 2. The Hall–Kier alpha value is -1.26. The van der Waals surface area contributed by atoms with Gasteiger partial charge in [0.25, 0.3) is 0 Å². The summed E-state index contributed by atoms with van der Waals surface area (Å²) in [5.41, 5.74) is 1.18. The maximum absolute atomic E-state index is 11.9. The van der Waals surface area contributed by atoms with E-state index in [0.29, 0.717) is 18.9 Å². The Labute approximate surface area is 139 Å². The third-order valence-electron chi connectivity index (χ3n) is 3.84. The Morgan fingerprint density at radius 1 is 1.50 bits per heavy atom. The second kappa shape index (κ2) is 9.70. The summed E-state index contributed by atoms with van der Waals surface area (Å²) in [6.07, 6.45) is 2.78. The first kappa shape index (κ1) is 18.8. The highest BCUT2D eigenvalue weighted by atomic mass is 35.5. The van der Waals surface area contributed by atoms with Gasteiger partial charge < -0.3 is 15.4 Å². The Bertz CT molecular complexity index is 462. The fraction of sp³-hybridized carbons (Fsp3) is 0.588. The third-order valence-corrected chi connectivity index (χ3v) is 3.84. The summed E-state index contributed by atoms with van der Waals surface area (Å²) >= 11 is 0. The van der Waals surface area contributed by atoms with E-state index in [1.54, 1.807) is 0 Å². The maximum Gasteiger partial charge on any atom is 0.220 e. The topological polar surface area (TPSA) is 50.4 Å². The zero-order valence-corrected chi connectivity index (χ0v) is 14.2. The van der Waals surface area contributed by atoms with Crippen LogP contribution in [0.25, 0.3) is 0 Å². The second-order valence-electron chi connectivity index (χ2n) is 5.99. The fourth-order valence-electron chi connectivity index (χ4n) is 2.61. The molecule has 22 heavy (non-hydrogen) atoms. The molecule has 1 aromatic rings. The molecule has 1 amide bonds. The zero-order valence-electron chi connectivity index (χ0n) is 13.4. The lowest BCUT2D eigenvalue weighted by atomic mass is 10.0. The highest BCUT2D eigenvalue weighted by Crippen LogP contribution is 2.14. The molecule has 2 atom stereocenters. The van der Waals surface area contributed by atoms with E-state index in [1.807, 2.05) is 38.1 Å². The number of hydrogen-bond acceptors (Lipinski definition) is 3. The van der Waals surface area contributed by atoms with Crippen LogP contribution in [-0.2, 0) is 4.79 Å². The van der Waals surface area contributed by atoms with E-state index in [2.05, 4.69) is 10.6 Å². The number of carbonyl (C=O) groups is 1. The van der Waals surface area contributed by atoms with Crippen LogP contribution in [0.15, 0.2) is 24.3 Å². The molecule has 2 unspecified atom stereocenters.